The van der Waals surface area contributed by atoms with Gasteiger partial charge in [0.25, 0.3) is 0 Å². The summed E-state index contributed by atoms with van der Waals surface area (Å²) in [7, 11) is 3.77. The predicted octanol–water partition coefficient (Wildman–Crippen LogP) is 1.02. The Balaban J connectivity index is 2.39. The quantitative estimate of drug-likeness (QED) is 0.762. The van der Waals surface area contributed by atoms with Crippen LogP contribution < -0.4 is 5.32 Å². The van der Waals surface area contributed by atoms with Crippen LogP contribution in [0.15, 0.2) is 0 Å². The van der Waals surface area contributed by atoms with Gasteiger partial charge in [0.2, 0.25) is 0 Å². The number of likely N-dealkylation sites (tertiary alicyclic amines) is 1. The monoisotopic (exact) mass is 253 g/mol. The zero-order valence-electron chi connectivity index (χ0n) is 10.6. The molecule has 1 N–H and O–H groups in total. The Morgan fingerprint density at radius 1 is 1.41 bits per heavy atom. The number of nitrogens with zero attached hydrogens (tertiary/aromatic N) is 2. The number of halogens is 3. The molecule has 0 aromatic rings. The molecule has 17 heavy (non-hydrogen) atoms. The number of alkyl halides is 3. The van der Waals surface area contributed by atoms with Gasteiger partial charge in [0.05, 0.1) is 6.54 Å². The van der Waals surface area contributed by atoms with Crippen LogP contribution in [-0.2, 0) is 0 Å². The van der Waals surface area contributed by atoms with Gasteiger partial charge in [-0.2, -0.15) is 13.2 Å². The van der Waals surface area contributed by atoms with E-state index in [1.165, 1.54) is 4.90 Å². The summed E-state index contributed by atoms with van der Waals surface area (Å²) in [5.41, 5.74) is 0. The first-order chi connectivity index (χ1) is 7.90. The summed E-state index contributed by atoms with van der Waals surface area (Å²) < 4.78 is 37.2. The number of hydrogen-bond acceptors (Lipinski definition) is 3. The fraction of sp³-hybridized carbons (Fsp3) is 1.00. The van der Waals surface area contributed by atoms with E-state index in [9.17, 15) is 13.2 Å². The van der Waals surface area contributed by atoms with Crippen molar-refractivity contribution in [2.45, 2.75) is 12.6 Å². The predicted molar refractivity (Wildman–Crippen MR) is 62.0 cm³/mol. The summed E-state index contributed by atoms with van der Waals surface area (Å²) >= 11 is 0. The Labute approximate surface area is 101 Å². The first-order valence-corrected chi connectivity index (χ1v) is 6.03. The molecule has 0 radical (unpaired) electrons. The van der Waals surface area contributed by atoms with Gasteiger partial charge in [-0.05, 0) is 33.0 Å². The van der Waals surface area contributed by atoms with Crippen molar-refractivity contribution < 1.29 is 13.2 Å². The summed E-state index contributed by atoms with van der Waals surface area (Å²) in [5.74, 6) is 0.374. The molecular weight excluding hydrogens is 231 g/mol. The second-order valence-electron chi connectivity index (χ2n) is 4.87. The van der Waals surface area contributed by atoms with E-state index in [0.29, 0.717) is 25.6 Å². The molecule has 0 aliphatic carbocycles. The highest BCUT2D eigenvalue weighted by Crippen LogP contribution is 2.20. The zero-order chi connectivity index (χ0) is 12.9. The van der Waals surface area contributed by atoms with Crippen molar-refractivity contribution in [3.05, 3.63) is 0 Å². The Hall–Kier alpha value is -0.330. The fourth-order valence-electron chi connectivity index (χ4n) is 2.30. The molecule has 1 aliphatic heterocycles. The van der Waals surface area contributed by atoms with Crippen molar-refractivity contribution in [3.63, 3.8) is 0 Å². The molecule has 1 saturated heterocycles. The number of rotatable bonds is 6. The molecule has 0 bridgehead atoms. The molecule has 1 fully saturated rings. The van der Waals surface area contributed by atoms with Gasteiger partial charge >= 0.3 is 6.18 Å². The third kappa shape index (κ3) is 6.24. The minimum atomic E-state index is -4.10. The topological polar surface area (TPSA) is 18.5 Å². The second-order valence-corrected chi connectivity index (χ2v) is 4.87. The molecular formula is C11H22F3N3. The summed E-state index contributed by atoms with van der Waals surface area (Å²) in [5, 5.41) is 2.90. The van der Waals surface area contributed by atoms with E-state index in [1.807, 2.05) is 7.05 Å². The van der Waals surface area contributed by atoms with E-state index in [4.69, 9.17) is 0 Å². The van der Waals surface area contributed by atoms with Crippen molar-refractivity contribution in [3.8, 4) is 0 Å². The lowest BCUT2D eigenvalue weighted by Gasteiger charge is -2.26. The maximum atomic E-state index is 12.4. The Morgan fingerprint density at radius 3 is 2.59 bits per heavy atom. The summed E-state index contributed by atoms with van der Waals surface area (Å²) in [6.45, 7) is 2.71. The van der Waals surface area contributed by atoms with Crippen molar-refractivity contribution in [1.82, 2.24) is 15.1 Å². The minimum absolute atomic E-state index is 0.374. The maximum absolute atomic E-state index is 12.4. The maximum Gasteiger partial charge on any atom is 0.401 e. The summed E-state index contributed by atoms with van der Waals surface area (Å²) in [6, 6.07) is 0. The highest BCUT2D eigenvalue weighted by molar-refractivity contribution is 4.77. The van der Waals surface area contributed by atoms with Crippen LogP contribution in [0.1, 0.15) is 6.42 Å². The van der Waals surface area contributed by atoms with Crippen LogP contribution in [-0.4, -0.2) is 69.3 Å². The molecule has 0 aromatic heterocycles. The highest BCUT2D eigenvalue weighted by atomic mass is 19.4. The average molecular weight is 253 g/mol. The van der Waals surface area contributed by atoms with Crippen LogP contribution >= 0.6 is 0 Å². The Kier molecular flexibility index (Phi) is 5.69. The van der Waals surface area contributed by atoms with E-state index in [2.05, 4.69) is 10.2 Å². The highest BCUT2D eigenvalue weighted by Gasteiger charge is 2.32. The van der Waals surface area contributed by atoms with Crippen LogP contribution in [0.3, 0.4) is 0 Å². The van der Waals surface area contributed by atoms with Gasteiger partial charge in [-0.15, -0.1) is 0 Å². The lowest BCUT2D eigenvalue weighted by atomic mass is 10.1. The van der Waals surface area contributed by atoms with Crippen molar-refractivity contribution in [2.75, 3.05) is 53.4 Å². The first kappa shape index (κ1) is 14.7. The lowest BCUT2D eigenvalue weighted by molar-refractivity contribution is -0.146. The molecule has 0 amide bonds. The molecule has 1 unspecified atom stereocenters. The molecule has 3 nitrogen and oxygen atoms in total. The van der Waals surface area contributed by atoms with E-state index >= 15 is 0 Å². The Bertz CT molecular complexity index is 220. The Morgan fingerprint density at radius 2 is 2.12 bits per heavy atom. The second kappa shape index (κ2) is 6.56. The normalized spacial score (nSPS) is 22.6. The number of nitrogens with one attached hydrogen (secondary N) is 1. The van der Waals surface area contributed by atoms with E-state index in [1.54, 1.807) is 7.05 Å². The number of likely N-dealkylation sites (N-methyl/N-ethyl adjacent to an activating group) is 1. The molecule has 102 valence electrons. The molecule has 1 heterocycles. The summed E-state index contributed by atoms with van der Waals surface area (Å²) in [6.07, 6.45) is -3.09. The zero-order valence-corrected chi connectivity index (χ0v) is 10.6. The molecule has 1 rings (SSSR count). The minimum Gasteiger partial charge on any atom is -0.318 e. The van der Waals surface area contributed by atoms with E-state index in [-0.39, 0.29) is 0 Å². The van der Waals surface area contributed by atoms with Crippen LogP contribution in [0.4, 0.5) is 13.2 Å². The van der Waals surface area contributed by atoms with E-state index in [0.717, 1.165) is 19.5 Å². The van der Waals surface area contributed by atoms with Crippen LogP contribution in [0.25, 0.3) is 0 Å². The molecule has 0 spiro atoms. The van der Waals surface area contributed by atoms with Gasteiger partial charge in [0.15, 0.2) is 0 Å². The van der Waals surface area contributed by atoms with Gasteiger partial charge in [-0.1, -0.05) is 0 Å². The fourth-order valence-corrected chi connectivity index (χ4v) is 2.30. The SMILES string of the molecule is CNCCN(CC1CCN(C)C1)CC(F)(F)F. The van der Waals surface area contributed by atoms with E-state index < -0.39 is 12.7 Å². The smallest absolute Gasteiger partial charge is 0.318 e. The molecule has 0 aromatic carbocycles. The molecule has 6 heteroatoms. The molecule has 0 saturated carbocycles. The molecule has 1 atom stereocenters. The largest absolute Gasteiger partial charge is 0.401 e. The van der Waals surface area contributed by atoms with Crippen LogP contribution in [0.5, 0.6) is 0 Å². The first-order valence-electron chi connectivity index (χ1n) is 6.03. The lowest BCUT2D eigenvalue weighted by Crippen LogP contribution is -2.41. The van der Waals surface area contributed by atoms with Crippen molar-refractivity contribution >= 4 is 0 Å². The average Bonchev–Trinajstić information content (AvgIpc) is 2.58. The van der Waals surface area contributed by atoms with Gasteiger partial charge in [-0.3, -0.25) is 4.90 Å². The third-order valence-electron chi connectivity index (χ3n) is 3.09. The standard InChI is InChI=1S/C11H22F3N3/c1-15-4-6-17(9-11(12,13)14)8-10-3-5-16(2)7-10/h10,15H,3-9H2,1-2H3. The van der Waals surface area contributed by atoms with Crippen molar-refractivity contribution in [2.24, 2.45) is 5.92 Å². The number of hydrogen-bond donors (Lipinski definition) is 1. The van der Waals surface area contributed by atoms with Gasteiger partial charge in [-0.25, -0.2) is 0 Å². The summed E-state index contributed by atoms with van der Waals surface area (Å²) in [4.78, 5) is 3.69. The molecule has 1 aliphatic rings. The van der Waals surface area contributed by atoms with Crippen LogP contribution in [0.2, 0.25) is 0 Å². The van der Waals surface area contributed by atoms with Gasteiger partial charge in [0, 0.05) is 26.2 Å². The van der Waals surface area contributed by atoms with Gasteiger partial charge in [0.1, 0.15) is 0 Å². The van der Waals surface area contributed by atoms with Gasteiger partial charge < -0.3 is 10.2 Å². The van der Waals surface area contributed by atoms with Crippen molar-refractivity contribution in [1.29, 1.82) is 0 Å². The van der Waals surface area contributed by atoms with Crippen LogP contribution in [0, 0.1) is 5.92 Å². The third-order valence-corrected chi connectivity index (χ3v) is 3.09.